The molecule has 110 valence electrons. The molecule has 2 amide bonds. The van der Waals surface area contributed by atoms with Gasteiger partial charge in [-0.1, -0.05) is 0 Å². The molecule has 0 unspecified atom stereocenters. The zero-order chi connectivity index (χ0) is 14.3. The summed E-state index contributed by atoms with van der Waals surface area (Å²) in [5.41, 5.74) is 5.34. The Bertz CT molecular complexity index is 305. The van der Waals surface area contributed by atoms with Crippen LogP contribution in [-0.4, -0.2) is 83.9 Å². The highest BCUT2D eigenvalue weighted by Crippen LogP contribution is 2.01. The Kier molecular flexibility index (Phi) is 6.54. The number of carbonyl (C=O) groups is 2. The summed E-state index contributed by atoms with van der Waals surface area (Å²) < 4.78 is 0. The number of aliphatic carboxylic acids is 1. The van der Waals surface area contributed by atoms with E-state index < -0.39 is 12.0 Å². The SMILES string of the molecule is N[C@@H](CCNC(=O)N1CCN(CCO)CC1)C(=O)O. The molecule has 1 saturated heterocycles. The molecule has 0 aromatic rings. The molecule has 1 fully saturated rings. The van der Waals surface area contributed by atoms with E-state index in [1.807, 2.05) is 0 Å². The van der Waals surface area contributed by atoms with Gasteiger partial charge < -0.3 is 26.2 Å². The molecule has 1 atom stereocenters. The zero-order valence-electron chi connectivity index (χ0n) is 10.9. The first-order chi connectivity index (χ1) is 9.04. The Hall–Kier alpha value is -1.38. The molecule has 0 saturated carbocycles. The lowest BCUT2D eigenvalue weighted by atomic mass is 10.2. The number of hydrogen-bond acceptors (Lipinski definition) is 5. The number of rotatable bonds is 6. The quantitative estimate of drug-likeness (QED) is 0.449. The van der Waals surface area contributed by atoms with Gasteiger partial charge in [-0.25, -0.2) is 4.79 Å². The maximum absolute atomic E-state index is 11.8. The van der Waals surface area contributed by atoms with Crippen molar-refractivity contribution in [2.24, 2.45) is 5.73 Å². The van der Waals surface area contributed by atoms with Crippen LogP contribution >= 0.6 is 0 Å². The molecule has 1 aliphatic heterocycles. The van der Waals surface area contributed by atoms with Crippen LogP contribution < -0.4 is 11.1 Å². The van der Waals surface area contributed by atoms with Crippen LogP contribution in [0.2, 0.25) is 0 Å². The predicted octanol–water partition coefficient (Wildman–Crippen LogP) is -1.89. The summed E-state index contributed by atoms with van der Waals surface area (Å²) in [4.78, 5) is 26.0. The number of aliphatic hydroxyl groups excluding tert-OH is 1. The monoisotopic (exact) mass is 274 g/mol. The van der Waals surface area contributed by atoms with Gasteiger partial charge in [0.05, 0.1) is 6.61 Å². The largest absolute Gasteiger partial charge is 0.480 e. The molecule has 0 radical (unpaired) electrons. The molecule has 0 aromatic carbocycles. The van der Waals surface area contributed by atoms with Gasteiger partial charge >= 0.3 is 12.0 Å². The number of carboxylic acid groups (broad SMARTS) is 1. The van der Waals surface area contributed by atoms with Gasteiger partial charge in [-0.15, -0.1) is 0 Å². The van der Waals surface area contributed by atoms with Gasteiger partial charge in [0, 0.05) is 39.3 Å². The van der Waals surface area contributed by atoms with E-state index in [1.165, 1.54) is 0 Å². The average Bonchev–Trinajstić information content (AvgIpc) is 2.39. The molecular weight excluding hydrogens is 252 g/mol. The number of urea groups is 1. The van der Waals surface area contributed by atoms with Gasteiger partial charge in [0.15, 0.2) is 0 Å². The summed E-state index contributed by atoms with van der Waals surface area (Å²) in [5.74, 6) is -1.06. The van der Waals surface area contributed by atoms with Crippen LogP contribution in [0, 0.1) is 0 Å². The number of nitrogens with one attached hydrogen (secondary N) is 1. The maximum Gasteiger partial charge on any atom is 0.320 e. The summed E-state index contributed by atoms with van der Waals surface area (Å²) in [6.45, 7) is 3.70. The van der Waals surface area contributed by atoms with E-state index in [0.717, 1.165) is 13.1 Å². The second-order valence-electron chi connectivity index (χ2n) is 4.52. The van der Waals surface area contributed by atoms with Crippen LogP contribution in [0.1, 0.15) is 6.42 Å². The van der Waals surface area contributed by atoms with Crippen LogP contribution in [0.4, 0.5) is 4.79 Å². The fraction of sp³-hybridized carbons (Fsp3) is 0.818. The Morgan fingerprint density at radius 2 is 1.89 bits per heavy atom. The molecular formula is C11H22N4O4. The smallest absolute Gasteiger partial charge is 0.320 e. The molecule has 0 bridgehead atoms. The lowest BCUT2D eigenvalue weighted by molar-refractivity contribution is -0.138. The summed E-state index contributed by atoms with van der Waals surface area (Å²) in [6.07, 6.45) is 0.214. The van der Waals surface area contributed by atoms with Gasteiger partial charge in [-0.3, -0.25) is 9.69 Å². The number of β-amino-alcohol motifs (C(OH)–C–C–N with tert-alkyl or cyclic N) is 1. The van der Waals surface area contributed by atoms with E-state index in [-0.39, 0.29) is 25.6 Å². The van der Waals surface area contributed by atoms with Gasteiger partial charge in [0.25, 0.3) is 0 Å². The predicted molar refractivity (Wildman–Crippen MR) is 68.7 cm³/mol. The Balaban J connectivity index is 2.19. The topological polar surface area (TPSA) is 119 Å². The highest BCUT2D eigenvalue weighted by Gasteiger charge is 2.20. The van der Waals surface area contributed by atoms with Crippen LogP contribution in [-0.2, 0) is 4.79 Å². The molecule has 1 heterocycles. The van der Waals surface area contributed by atoms with Gasteiger partial charge in [0.2, 0.25) is 0 Å². The van der Waals surface area contributed by atoms with Crippen molar-refractivity contribution < 1.29 is 19.8 Å². The van der Waals surface area contributed by atoms with Crippen molar-refractivity contribution in [3.05, 3.63) is 0 Å². The second kappa shape index (κ2) is 7.93. The summed E-state index contributed by atoms with van der Waals surface area (Å²) in [6, 6.07) is -1.14. The number of nitrogens with zero attached hydrogens (tertiary/aromatic N) is 2. The van der Waals surface area contributed by atoms with Crippen molar-refractivity contribution >= 4 is 12.0 Å². The van der Waals surface area contributed by atoms with Crippen LogP contribution in [0.25, 0.3) is 0 Å². The highest BCUT2D eigenvalue weighted by molar-refractivity contribution is 5.75. The highest BCUT2D eigenvalue weighted by atomic mass is 16.4. The number of amides is 2. The first kappa shape index (κ1) is 15.7. The minimum Gasteiger partial charge on any atom is -0.480 e. The Morgan fingerprint density at radius 1 is 1.26 bits per heavy atom. The Labute approximate surface area is 112 Å². The summed E-state index contributed by atoms with van der Waals surface area (Å²) in [5, 5.41) is 20.1. The molecule has 5 N–H and O–H groups in total. The normalized spacial score (nSPS) is 18.1. The van der Waals surface area contributed by atoms with Crippen molar-refractivity contribution in [1.29, 1.82) is 0 Å². The van der Waals surface area contributed by atoms with Crippen molar-refractivity contribution in [1.82, 2.24) is 15.1 Å². The number of carbonyl (C=O) groups excluding carboxylic acids is 1. The molecule has 0 spiro atoms. The molecule has 8 heteroatoms. The van der Waals surface area contributed by atoms with E-state index in [4.69, 9.17) is 15.9 Å². The van der Waals surface area contributed by atoms with Crippen LogP contribution in [0.15, 0.2) is 0 Å². The summed E-state index contributed by atoms with van der Waals surface area (Å²) in [7, 11) is 0. The average molecular weight is 274 g/mol. The molecule has 0 aromatic heterocycles. The zero-order valence-corrected chi connectivity index (χ0v) is 10.9. The molecule has 1 aliphatic rings. The fourth-order valence-corrected chi connectivity index (χ4v) is 1.89. The molecule has 8 nitrogen and oxygen atoms in total. The first-order valence-electron chi connectivity index (χ1n) is 6.39. The van der Waals surface area contributed by atoms with E-state index >= 15 is 0 Å². The van der Waals surface area contributed by atoms with Gasteiger partial charge in [0.1, 0.15) is 6.04 Å². The van der Waals surface area contributed by atoms with E-state index in [1.54, 1.807) is 4.90 Å². The van der Waals surface area contributed by atoms with Crippen molar-refractivity contribution in [2.75, 3.05) is 45.9 Å². The third-order valence-electron chi connectivity index (χ3n) is 3.12. The molecule has 0 aliphatic carbocycles. The minimum atomic E-state index is -1.06. The lowest BCUT2D eigenvalue weighted by Crippen LogP contribution is -2.52. The van der Waals surface area contributed by atoms with Gasteiger partial charge in [-0.05, 0) is 6.42 Å². The second-order valence-corrected chi connectivity index (χ2v) is 4.52. The minimum absolute atomic E-state index is 0.124. The first-order valence-corrected chi connectivity index (χ1v) is 6.39. The molecule has 19 heavy (non-hydrogen) atoms. The van der Waals surface area contributed by atoms with Crippen molar-refractivity contribution in [3.63, 3.8) is 0 Å². The lowest BCUT2D eigenvalue weighted by Gasteiger charge is -2.34. The fourth-order valence-electron chi connectivity index (χ4n) is 1.89. The van der Waals surface area contributed by atoms with E-state index in [9.17, 15) is 9.59 Å². The number of nitrogens with two attached hydrogens (primary N) is 1. The third-order valence-corrected chi connectivity index (χ3v) is 3.12. The number of carboxylic acids is 1. The number of hydrogen-bond donors (Lipinski definition) is 4. The van der Waals surface area contributed by atoms with E-state index in [2.05, 4.69) is 10.2 Å². The standard InChI is InChI=1S/C11H22N4O4/c12-9(10(17)18)1-2-13-11(19)15-5-3-14(4-6-15)7-8-16/h9,16H,1-8,12H2,(H,13,19)(H,17,18)/t9-/m0/s1. The maximum atomic E-state index is 11.8. The number of aliphatic hydroxyl groups is 1. The van der Waals surface area contributed by atoms with Gasteiger partial charge in [-0.2, -0.15) is 0 Å². The van der Waals surface area contributed by atoms with Crippen molar-refractivity contribution in [3.8, 4) is 0 Å². The van der Waals surface area contributed by atoms with E-state index in [0.29, 0.717) is 19.6 Å². The van der Waals surface area contributed by atoms with Crippen LogP contribution in [0.5, 0.6) is 0 Å². The summed E-state index contributed by atoms with van der Waals surface area (Å²) >= 11 is 0. The third kappa shape index (κ3) is 5.41. The van der Waals surface area contributed by atoms with Crippen molar-refractivity contribution in [2.45, 2.75) is 12.5 Å². The Morgan fingerprint density at radius 3 is 2.42 bits per heavy atom. The number of piperazine rings is 1. The molecule has 1 rings (SSSR count). The van der Waals surface area contributed by atoms with Crippen LogP contribution in [0.3, 0.4) is 0 Å².